The first-order chi connectivity index (χ1) is 9.08. The Bertz CT molecular complexity index is 639. The lowest BCUT2D eigenvalue weighted by Crippen LogP contribution is -1.98. The van der Waals surface area contributed by atoms with Crippen LogP contribution in [-0.4, -0.2) is 10.9 Å². The molecule has 2 heteroatoms. The Morgan fingerprint density at radius 3 is 2.53 bits per heavy atom. The van der Waals surface area contributed by atoms with Gasteiger partial charge in [-0.3, -0.25) is 4.79 Å². The molecule has 0 atom stereocenters. The van der Waals surface area contributed by atoms with Crippen LogP contribution in [0.2, 0.25) is 0 Å². The Labute approximate surface area is 113 Å². The summed E-state index contributed by atoms with van der Waals surface area (Å²) in [6, 6.07) is 12.7. The average Bonchev–Trinajstić information content (AvgIpc) is 2.37. The van der Waals surface area contributed by atoms with Crippen LogP contribution < -0.4 is 0 Å². The van der Waals surface area contributed by atoms with Crippen molar-refractivity contribution < 1.29 is 9.90 Å². The third-order valence-corrected chi connectivity index (χ3v) is 3.00. The predicted molar refractivity (Wildman–Crippen MR) is 77.4 cm³/mol. The number of carbonyl (C=O) groups excluding carboxylic acids is 1. The maximum absolute atomic E-state index is 12.1. The van der Waals surface area contributed by atoms with Crippen molar-refractivity contribution in [3.63, 3.8) is 0 Å². The number of carbonyl (C=O) groups is 1. The Kier molecular flexibility index (Phi) is 3.81. The summed E-state index contributed by atoms with van der Waals surface area (Å²) in [5, 5.41) is 9.62. The molecule has 2 rings (SSSR count). The lowest BCUT2D eigenvalue weighted by molar-refractivity contribution is 0.104. The second kappa shape index (κ2) is 5.53. The largest absolute Gasteiger partial charge is 0.507 e. The fourth-order valence-corrected chi connectivity index (χ4v) is 1.97. The first-order valence-corrected chi connectivity index (χ1v) is 6.15. The maximum atomic E-state index is 12.1. The van der Waals surface area contributed by atoms with Crippen molar-refractivity contribution in [1.82, 2.24) is 0 Å². The molecule has 0 bridgehead atoms. The molecule has 0 heterocycles. The standard InChI is InChI=1S/C17H16O2/c1-12-7-9-15(13(2)11-12)17(19)10-8-14-5-3-4-6-16(14)18/h3-11,18H,1-2H3/b10-8+. The fourth-order valence-electron chi connectivity index (χ4n) is 1.97. The van der Waals surface area contributed by atoms with Crippen LogP contribution in [0.1, 0.15) is 27.0 Å². The molecule has 0 fully saturated rings. The molecule has 0 radical (unpaired) electrons. The van der Waals surface area contributed by atoms with Gasteiger partial charge in [-0.1, -0.05) is 42.0 Å². The molecular formula is C17H16O2. The molecule has 0 saturated heterocycles. The van der Waals surface area contributed by atoms with Crippen molar-refractivity contribution in [1.29, 1.82) is 0 Å². The third kappa shape index (κ3) is 3.10. The number of aromatic hydroxyl groups is 1. The van der Waals surface area contributed by atoms with Crippen molar-refractivity contribution in [3.05, 3.63) is 70.8 Å². The van der Waals surface area contributed by atoms with E-state index in [0.717, 1.165) is 11.1 Å². The van der Waals surface area contributed by atoms with Crippen molar-refractivity contribution in [3.8, 4) is 5.75 Å². The molecule has 2 aromatic carbocycles. The summed E-state index contributed by atoms with van der Waals surface area (Å²) in [5.41, 5.74) is 3.43. The van der Waals surface area contributed by atoms with Crippen molar-refractivity contribution in [2.45, 2.75) is 13.8 Å². The summed E-state index contributed by atoms with van der Waals surface area (Å²) < 4.78 is 0. The number of rotatable bonds is 3. The highest BCUT2D eigenvalue weighted by atomic mass is 16.3. The van der Waals surface area contributed by atoms with Crippen molar-refractivity contribution in [2.75, 3.05) is 0 Å². The highest BCUT2D eigenvalue weighted by Gasteiger charge is 2.05. The van der Waals surface area contributed by atoms with Crippen LogP contribution in [0.3, 0.4) is 0 Å². The van der Waals surface area contributed by atoms with Crippen molar-refractivity contribution in [2.24, 2.45) is 0 Å². The van der Waals surface area contributed by atoms with E-state index in [1.807, 2.05) is 38.1 Å². The van der Waals surface area contributed by atoms with E-state index in [2.05, 4.69) is 0 Å². The van der Waals surface area contributed by atoms with E-state index in [4.69, 9.17) is 0 Å². The molecule has 0 aliphatic rings. The van der Waals surface area contributed by atoms with Gasteiger partial charge in [0.1, 0.15) is 5.75 Å². The van der Waals surface area contributed by atoms with Crippen LogP contribution >= 0.6 is 0 Å². The lowest BCUT2D eigenvalue weighted by atomic mass is 10.0. The van der Waals surface area contributed by atoms with Gasteiger partial charge in [-0.2, -0.15) is 0 Å². The number of phenols is 1. The molecule has 96 valence electrons. The average molecular weight is 252 g/mol. The number of aryl methyl sites for hydroxylation is 2. The Hall–Kier alpha value is -2.35. The number of allylic oxidation sites excluding steroid dienone is 1. The third-order valence-electron chi connectivity index (χ3n) is 3.00. The van der Waals surface area contributed by atoms with Crippen LogP contribution in [-0.2, 0) is 0 Å². The van der Waals surface area contributed by atoms with E-state index in [0.29, 0.717) is 11.1 Å². The minimum atomic E-state index is -0.0549. The monoisotopic (exact) mass is 252 g/mol. The lowest BCUT2D eigenvalue weighted by Gasteiger charge is -2.03. The summed E-state index contributed by atoms with van der Waals surface area (Å²) in [7, 11) is 0. The molecular weight excluding hydrogens is 236 g/mol. The van der Waals surface area contributed by atoms with Gasteiger partial charge in [0.25, 0.3) is 0 Å². The van der Waals surface area contributed by atoms with Gasteiger partial charge in [0.15, 0.2) is 5.78 Å². The highest BCUT2D eigenvalue weighted by molar-refractivity contribution is 6.07. The van der Waals surface area contributed by atoms with Gasteiger partial charge in [0.05, 0.1) is 0 Å². The number of ketones is 1. The summed E-state index contributed by atoms with van der Waals surface area (Å²) in [5.74, 6) is 0.118. The molecule has 0 aromatic heterocycles. The molecule has 19 heavy (non-hydrogen) atoms. The van der Waals surface area contributed by atoms with E-state index in [9.17, 15) is 9.90 Å². The topological polar surface area (TPSA) is 37.3 Å². The highest BCUT2D eigenvalue weighted by Crippen LogP contribution is 2.18. The van der Waals surface area contributed by atoms with E-state index in [1.165, 1.54) is 6.08 Å². The molecule has 0 aliphatic carbocycles. The van der Waals surface area contributed by atoms with E-state index in [-0.39, 0.29) is 11.5 Å². The van der Waals surface area contributed by atoms with E-state index >= 15 is 0 Å². The Balaban J connectivity index is 2.24. The van der Waals surface area contributed by atoms with Gasteiger partial charge in [0.2, 0.25) is 0 Å². The first kappa shape index (κ1) is 13.1. The second-order valence-corrected chi connectivity index (χ2v) is 4.57. The first-order valence-electron chi connectivity index (χ1n) is 6.15. The molecule has 1 N–H and O–H groups in total. The van der Waals surface area contributed by atoms with Crippen LogP contribution in [0.15, 0.2) is 48.5 Å². The molecule has 2 nitrogen and oxygen atoms in total. The van der Waals surface area contributed by atoms with Crippen LogP contribution in [0.4, 0.5) is 0 Å². The zero-order chi connectivity index (χ0) is 13.8. The number of phenolic OH excluding ortho intramolecular Hbond substituents is 1. The van der Waals surface area contributed by atoms with Crippen LogP contribution in [0.25, 0.3) is 6.08 Å². The molecule has 0 saturated carbocycles. The van der Waals surface area contributed by atoms with E-state index < -0.39 is 0 Å². The zero-order valence-corrected chi connectivity index (χ0v) is 11.1. The Morgan fingerprint density at radius 2 is 1.84 bits per heavy atom. The Morgan fingerprint density at radius 1 is 1.11 bits per heavy atom. The quantitative estimate of drug-likeness (QED) is 0.664. The summed E-state index contributed by atoms with van der Waals surface area (Å²) >= 11 is 0. The van der Waals surface area contributed by atoms with Gasteiger partial charge in [-0.15, -0.1) is 0 Å². The summed E-state index contributed by atoms with van der Waals surface area (Å²) in [6.07, 6.45) is 3.13. The van der Waals surface area contributed by atoms with Gasteiger partial charge in [-0.25, -0.2) is 0 Å². The number of para-hydroxylation sites is 1. The SMILES string of the molecule is Cc1ccc(C(=O)/C=C/c2ccccc2O)c(C)c1. The molecule has 0 spiro atoms. The minimum absolute atomic E-state index is 0.0549. The van der Waals surface area contributed by atoms with Gasteiger partial charge in [-0.05, 0) is 37.6 Å². The molecule has 0 amide bonds. The summed E-state index contributed by atoms with van der Waals surface area (Å²) in [4.78, 5) is 12.1. The van der Waals surface area contributed by atoms with Gasteiger partial charge >= 0.3 is 0 Å². The normalized spacial score (nSPS) is 10.8. The fraction of sp³-hybridized carbons (Fsp3) is 0.118. The predicted octanol–water partition coefficient (Wildman–Crippen LogP) is 3.91. The second-order valence-electron chi connectivity index (χ2n) is 4.57. The smallest absolute Gasteiger partial charge is 0.186 e. The summed E-state index contributed by atoms with van der Waals surface area (Å²) in [6.45, 7) is 3.92. The molecule has 2 aromatic rings. The number of hydrogen-bond acceptors (Lipinski definition) is 2. The maximum Gasteiger partial charge on any atom is 0.186 e. The molecule has 0 aliphatic heterocycles. The van der Waals surface area contributed by atoms with Gasteiger partial charge < -0.3 is 5.11 Å². The van der Waals surface area contributed by atoms with Crippen molar-refractivity contribution >= 4 is 11.9 Å². The number of hydrogen-bond donors (Lipinski definition) is 1. The van der Waals surface area contributed by atoms with E-state index in [1.54, 1.807) is 24.3 Å². The molecule has 0 unspecified atom stereocenters. The number of benzene rings is 2. The van der Waals surface area contributed by atoms with Crippen LogP contribution in [0, 0.1) is 13.8 Å². The van der Waals surface area contributed by atoms with Gasteiger partial charge in [0, 0.05) is 11.1 Å². The zero-order valence-electron chi connectivity index (χ0n) is 11.1. The van der Waals surface area contributed by atoms with Crippen LogP contribution in [0.5, 0.6) is 5.75 Å². The minimum Gasteiger partial charge on any atom is -0.507 e.